The molecule has 0 radical (unpaired) electrons. The second-order valence-corrected chi connectivity index (χ2v) is 6.71. The first-order valence-corrected chi connectivity index (χ1v) is 10.1. The third-order valence-corrected chi connectivity index (χ3v) is 4.22. The van der Waals surface area contributed by atoms with Gasteiger partial charge in [-0.2, -0.15) is 0 Å². The van der Waals surface area contributed by atoms with Crippen molar-refractivity contribution in [2.45, 2.75) is 97.3 Å². The van der Waals surface area contributed by atoms with Crippen LogP contribution in [0.3, 0.4) is 0 Å². The van der Waals surface area contributed by atoms with Crippen molar-refractivity contribution in [2.24, 2.45) is 0 Å². The van der Waals surface area contributed by atoms with Gasteiger partial charge in [0.1, 0.15) is 0 Å². The molecule has 0 aromatic rings. The molecule has 0 aliphatic carbocycles. The van der Waals surface area contributed by atoms with Crippen LogP contribution >= 0.6 is 0 Å². The largest absolute Gasteiger partial charge is 0.462 e. The molecule has 0 rings (SSSR count). The molecule has 0 unspecified atom stereocenters. The van der Waals surface area contributed by atoms with E-state index in [9.17, 15) is 4.79 Å². The van der Waals surface area contributed by atoms with Gasteiger partial charge < -0.3 is 9.47 Å². The Morgan fingerprint density at radius 1 is 0.708 bits per heavy atom. The Balaban J connectivity index is 3.05. The molecule has 142 valence electrons. The fourth-order valence-corrected chi connectivity index (χ4v) is 2.68. The minimum atomic E-state index is -0.260. The summed E-state index contributed by atoms with van der Waals surface area (Å²) in [6.07, 6.45) is 16.9. The normalized spacial score (nSPS) is 10.8. The Hall–Kier alpha value is -0.830. The van der Waals surface area contributed by atoms with Crippen LogP contribution in [0.2, 0.25) is 0 Å². The first kappa shape index (κ1) is 23.2. The van der Waals surface area contributed by atoms with Gasteiger partial charge in [-0.15, -0.1) is 0 Å². The Labute approximate surface area is 150 Å². The zero-order valence-electron chi connectivity index (χ0n) is 16.2. The summed E-state index contributed by atoms with van der Waals surface area (Å²) in [5.74, 6) is -0.260. The van der Waals surface area contributed by atoms with Gasteiger partial charge in [-0.1, -0.05) is 77.2 Å². The molecule has 0 saturated carbocycles. The van der Waals surface area contributed by atoms with Crippen molar-refractivity contribution in [3.63, 3.8) is 0 Å². The predicted molar refractivity (Wildman–Crippen MR) is 102 cm³/mol. The maximum Gasteiger partial charge on any atom is 0.333 e. The molecule has 0 aliphatic heterocycles. The van der Waals surface area contributed by atoms with E-state index in [0.717, 1.165) is 26.1 Å². The Morgan fingerprint density at radius 3 is 1.46 bits per heavy atom. The third-order valence-electron chi connectivity index (χ3n) is 4.22. The molecule has 0 heterocycles. The lowest BCUT2D eigenvalue weighted by atomic mass is 10.0. The quantitative estimate of drug-likeness (QED) is 0.169. The molecule has 0 aromatic heterocycles. The van der Waals surface area contributed by atoms with E-state index < -0.39 is 0 Å². The van der Waals surface area contributed by atoms with Gasteiger partial charge in [-0.25, -0.2) is 4.79 Å². The molecular weight excluding hydrogens is 300 g/mol. The van der Waals surface area contributed by atoms with Gasteiger partial charge >= 0.3 is 5.97 Å². The SMILES string of the molecule is C=C(C)C(=O)OCCCCCCCCCCCCCCCOCC. The van der Waals surface area contributed by atoms with Crippen molar-refractivity contribution in [2.75, 3.05) is 19.8 Å². The molecule has 24 heavy (non-hydrogen) atoms. The molecule has 0 saturated heterocycles. The molecule has 0 aromatic carbocycles. The van der Waals surface area contributed by atoms with Gasteiger partial charge in [0.05, 0.1) is 6.61 Å². The van der Waals surface area contributed by atoms with Crippen molar-refractivity contribution < 1.29 is 14.3 Å². The van der Waals surface area contributed by atoms with Gasteiger partial charge in [0.25, 0.3) is 0 Å². The highest BCUT2D eigenvalue weighted by Gasteiger charge is 2.01. The van der Waals surface area contributed by atoms with Crippen LogP contribution in [0.1, 0.15) is 97.3 Å². The van der Waals surface area contributed by atoms with Crippen LogP contribution in [-0.4, -0.2) is 25.8 Å². The second-order valence-electron chi connectivity index (χ2n) is 6.71. The Bertz CT molecular complexity index is 299. The predicted octanol–water partition coefficient (Wildman–Crippen LogP) is 6.21. The molecule has 0 aliphatic rings. The van der Waals surface area contributed by atoms with E-state index in [1.54, 1.807) is 6.92 Å². The number of hydrogen-bond acceptors (Lipinski definition) is 3. The average molecular weight is 341 g/mol. The summed E-state index contributed by atoms with van der Waals surface area (Å²) in [5.41, 5.74) is 0.487. The molecule has 0 atom stereocenters. The smallest absolute Gasteiger partial charge is 0.333 e. The van der Waals surface area contributed by atoms with E-state index in [1.807, 2.05) is 0 Å². The van der Waals surface area contributed by atoms with Crippen LogP contribution in [-0.2, 0) is 14.3 Å². The number of hydrogen-bond donors (Lipinski definition) is 0. The van der Waals surface area contributed by atoms with Crippen LogP contribution in [0.4, 0.5) is 0 Å². The minimum Gasteiger partial charge on any atom is -0.462 e. The van der Waals surface area contributed by atoms with Crippen LogP contribution in [0.5, 0.6) is 0 Å². The molecule has 0 N–H and O–H groups in total. The Morgan fingerprint density at radius 2 is 1.08 bits per heavy atom. The highest BCUT2D eigenvalue weighted by atomic mass is 16.5. The zero-order valence-corrected chi connectivity index (χ0v) is 16.2. The summed E-state index contributed by atoms with van der Waals surface area (Å²) in [6.45, 7) is 9.64. The number of ether oxygens (including phenoxy) is 2. The fourth-order valence-electron chi connectivity index (χ4n) is 2.68. The van der Waals surface area contributed by atoms with Crippen LogP contribution in [0.25, 0.3) is 0 Å². The number of rotatable bonds is 18. The lowest BCUT2D eigenvalue weighted by Gasteiger charge is -2.05. The molecule has 0 fully saturated rings. The molecule has 0 bridgehead atoms. The molecule has 3 nitrogen and oxygen atoms in total. The summed E-state index contributed by atoms with van der Waals surface area (Å²) < 4.78 is 10.4. The summed E-state index contributed by atoms with van der Waals surface area (Å²) in [6, 6.07) is 0. The summed E-state index contributed by atoms with van der Waals surface area (Å²) in [4.78, 5) is 11.2. The van der Waals surface area contributed by atoms with Gasteiger partial charge in [-0.05, 0) is 26.7 Å². The molecule has 0 spiro atoms. The van der Waals surface area contributed by atoms with E-state index >= 15 is 0 Å². The van der Waals surface area contributed by atoms with Crippen molar-refractivity contribution in [1.29, 1.82) is 0 Å². The first-order chi connectivity index (χ1) is 11.7. The van der Waals surface area contributed by atoms with Crippen LogP contribution < -0.4 is 0 Å². The minimum absolute atomic E-state index is 0.260. The van der Waals surface area contributed by atoms with E-state index in [1.165, 1.54) is 70.6 Å². The van der Waals surface area contributed by atoms with Crippen molar-refractivity contribution in [3.8, 4) is 0 Å². The highest BCUT2D eigenvalue weighted by molar-refractivity contribution is 5.86. The first-order valence-electron chi connectivity index (χ1n) is 10.1. The summed E-state index contributed by atoms with van der Waals surface area (Å²) in [5, 5.41) is 0. The molecular formula is C21H40O3. The topological polar surface area (TPSA) is 35.5 Å². The maximum atomic E-state index is 11.2. The van der Waals surface area contributed by atoms with E-state index in [2.05, 4.69) is 13.5 Å². The Kier molecular flexibility index (Phi) is 17.9. The van der Waals surface area contributed by atoms with E-state index in [-0.39, 0.29) is 5.97 Å². The molecule has 0 amide bonds. The lowest BCUT2D eigenvalue weighted by molar-refractivity contribution is -0.139. The van der Waals surface area contributed by atoms with Crippen LogP contribution in [0.15, 0.2) is 12.2 Å². The van der Waals surface area contributed by atoms with E-state index in [0.29, 0.717) is 12.2 Å². The van der Waals surface area contributed by atoms with Gasteiger partial charge in [0.15, 0.2) is 0 Å². The highest BCUT2D eigenvalue weighted by Crippen LogP contribution is 2.12. The zero-order chi connectivity index (χ0) is 17.9. The maximum absolute atomic E-state index is 11.2. The number of carbonyl (C=O) groups is 1. The standard InChI is InChI=1S/C21H40O3/c1-4-23-18-16-14-12-10-8-6-5-7-9-11-13-15-17-19-24-21(22)20(2)3/h2,4-19H2,1,3H3. The number of esters is 1. The fraction of sp³-hybridized carbons (Fsp3) is 0.857. The van der Waals surface area contributed by atoms with E-state index in [4.69, 9.17) is 9.47 Å². The third kappa shape index (κ3) is 17.5. The van der Waals surface area contributed by atoms with Crippen molar-refractivity contribution in [1.82, 2.24) is 0 Å². The monoisotopic (exact) mass is 340 g/mol. The lowest BCUT2D eigenvalue weighted by Crippen LogP contribution is -2.05. The number of carbonyl (C=O) groups excluding carboxylic acids is 1. The second kappa shape index (κ2) is 18.5. The number of unbranched alkanes of at least 4 members (excludes halogenated alkanes) is 12. The molecule has 3 heteroatoms. The van der Waals surface area contributed by atoms with Crippen LogP contribution in [0, 0.1) is 0 Å². The van der Waals surface area contributed by atoms with Gasteiger partial charge in [-0.3, -0.25) is 0 Å². The van der Waals surface area contributed by atoms with Crippen molar-refractivity contribution in [3.05, 3.63) is 12.2 Å². The van der Waals surface area contributed by atoms with Gasteiger partial charge in [0.2, 0.25) is 0 Å². The summed E-state index contributed by atoms with van der Waals surface area (Å²) in [7, 11) is 0. The van der Waals surface area contributed by atoms with Gasteiger partial charge in [0, 0.05) is 18.8 Å². The summed E-state index contributed by atoms with van der Waals surface area (Å²) >= 11 is 0. The van der Waals surface area contributed by atoms with Crippen molar-refractivity contribution >= 4 is 5.97 Å². The average Bonchev–Trinajstić information content (AvgIpc) is 2.57.